The van der Waals surface area contributed by atoms with Crippen LogP contribution in [0.5, 0.6) is 0 Å². The number of rotatable bonds is 6. The van der Waals surface area contributed by atoms with E-state index in [2.05, 4.69) is 29.0 Å². The molecule has 0 spiro atoms. The Kier molecular flexibility index (Phi) is 4.95. The van der Waals surface area contributed by atoms with Crippen molar-refractivity contribution < 1.29 is 9.90 Å². The highest BCUT2D eigenvalue weighted by atomic mass is 32.2. The molecule has 0 radical (unpaired) electrons. The lowest BCUT2D eigenvalue weighted by atomic mass is 10.2. The van der Waals surface area contributed by atoms with Crippen LogP contribution in [0.2, 0.25) is 0 Å². The second kappa shape index (κ2) is 6.71. The number of nitrogens with zero attached hydrogens (tertiary/aromatic N) is 4. The molecule has 2 aromatic heterocycles. The quantitative estimate of drug-likeness (QED) is 0.826. The van der Waals surface area contributed by atoms with E-state index in [-0.39, 0.29) is 5.75 Å². The van der Waals surface area contributed by atoms with E-state index in [0.717, 1.165) is 23.6 Å². The maximum absolute atomic E-state index is 10.7. The Bertz CT molecular complexity index is 622. The highest BCUT2D eigenvalue weighted by Gasteiger charge is 2.16. The molecule has 0 saturated heterocycles. The molecule has 0 aliphatic rings. The standard InChI is InChI=1S/C14H18N4O2S/c1-9(2)7-18-13(11-5-4-10(3)15-6-11)16-17-14(18)21-8-12(19)20/h4-6,9H,7-8H2,1-3H3,(H,19,20). The van der Waals surface area contributed by atoms with Crippen molar-refractivity contribution in [3.05, 3.63) is 24.0 Å². The molecule has 21 heavy (non-hydrogen) atoms. The lowest BCUT2D eigenvalue weighted by Gasteiger charge is -2.12. The fourth-order valence-corrected chi connectivity index (χ4v) is 2.53. The number of pyridine rings is 1. The molecule has 0 fully saturated rings. The van der Waals surface area contributed by atoms with Gasteiger partial charge in [-0.05, 0) is 25.0 Å². The van der Waals surface area contributed by atoms with Crippen LogP contribution in [-0.2, 0) is 11.3 Å². The predicted molar refractivity (Wildman–Crippen MR) is 81.2 cm³/mol. The first-order valence-corrected chi connectivity index (χ1v) is 7.66. The van der Waals surface area contributed by atoms with Gasteiger partial charge in [0.2, 0.25) is 0 Å². The molecular weight excluding hydrogens is 288 g/mol. The summed E-state index contributed by atoms with van der Waals surface area (Å²) >= 11 is 1.19. The second-order valence-electron chi connectivity index (χ2n) is 5.18. The molecule has 0 unspecified atom stereocenters. The number of aryl methyl sites for hydroxylation is 1. The molecule has 7 heteroatoms. The molecule has 0 saturated carbocycles. The molecule has 0 bridgehead atoms. The van der Waals surface area contributed by atoms with Gasteiger partial charge in [-0.1, -0.05) is 25.6 Å². The summed E-state index contributed by atoms with van der Waals surface area (Å²) in [7, 11) is 0. The molecule has 1 N–H and O–H groups in total. The zero-order valence-electron chi connectivity index (χ0n) is 12.3. The summed E-state index contributed by atoms with van der Waals surface area (Å²) in [6.45, 7) is 6.86. The number of aliphatic carboxylic acids is 1. The molecule has 0 atom stereocenters. The van der Waals surface area contributed by atoms with Crippen LogP contribution in [0.3, 0.4) is 0 Å². The fourth-order valence-electron chi connectivity index (χ4n) is 1.87. The molecule has 112 valence electrons. The van der Waals surface area contributed by atoms with Crippen molar-refractivity contribution in [1.29, 1.82) is 0 Å². The maximum atomic E-state index is 10.7. The molecule has 2 rings (SSSR count). The summed E-state index contributed by atoms with van der Waals surface area (Å²) in [4.78, 5) is 15.0. The number of thioether (sulfide) groups is 1. The van der Waals surface area contributed by atoms with E-state index in [0.29, 0.717) is 11.1 Å². The zero-order chi connectivity index (χ0) is 15.4. The van der Waals surface area contributed by atoms with Crippen LogP contribution in [0.15, 0.2) is 23.5 Å². The van der Waals surface area contributed by atoms with Crippen molar-refractivity contribution >= 4 is 17.7 Å². The summed E-state index contributed by atoms with van der Waals surface area (Å²) in [5, 5.41) is 17.8. The smallest absolute Gasteiger partial charge is 0.313 e. The van der Waals surface area contributed by atoms with Crippen molar-refractivity contribution in [2.24, 2.45) is 5.92 Å². The summed E-state index contributed by atoms with van der Waals surface area (Å²) in [6.07, 6.45) is 1.77. The third kappa shape index (κ3) is 4.04. The molecule has 6 nitrogen and oxygen atoms in total. The van der Waals surface area contributed by atoms with Crippen LogP contribution in [-0.4, -0.2) is 36.6 Å². The molecule has 0 amide bonds. The van der Waals surface area contributed by atoms with Crippen molar-refractivity contribution in [3.63, 3.8) is 0 Å². The van der Waals surface area contributed by atoms with Crippen molar-refractivity contribution in [3.8, 4) is 11.4 Å². The highest BCUT2D eigenvalue weighted by Crippen LogP contribution is 2.24. The van der Waals surface area contributed by atoms with Crippen LogP contribution in [0.4, 0.5) is 0 Å². The van der Waals surface area contributed by atoms with Gasteiger partial charge in [-0.3, -0.25) is 9.78 Å². The van der Waals surface area contributed by atoms with E-state index in [1.807, 2.05) is 23.6 Å². The van der Waals surface area contributed by atoms with Crippen molar-refractivity contribution in [2.45, 2.75) is 32.5 Å². The van der Waals surface area contributed by atoms with Gasteiger partial charge in [0.05, 0.1) is 5.75 Å². The van der Waals surface area contributed by atoms with E-state index < -0.39 is 5.97 Å². The Morgan fingerprint density at radius 3 is 2.71 bits per heavy atom. The Labute approximate surface area is 127 Å². The average molecular weight is 306 g/mol. The van der Waals surface area contributed by atoms with Gasteiger partial charge in [0.25, 0.3) is 0 Å². The van der Waals surface area contributed by atoms with Crippen LogP contribution in [0.1, 0.15) is 19.5 Å². The van der Waals surface area contributed by atoms with Crippen molar-refractivity contribution in [2.75, 3.05) is 5.75 Å². The molecule has 0 aliphatic carbocycles. The first-order valence-electron chi connectivity index (χ1n) is 6.68. The Hall–Kier alpha value is -1.89. The first kappa shape index (κ1) is 15.5. The lowest BCUT2D eigenvalue weighted by molar-refractivity contribution is -0.133. The van der Waals surface area contributed by atoms with Gasteiger partial charge in [-0.15, -0.1) is 10.2 Å². The number of aromatic nitrogens is 4. The number of hydrogen-bond acceptors (Lipinski definition) is 5. The van der Waals surface area contributed by atoms with Gasteiger partial charge >= 0.3 is 5.97 Å². The van der Waals surface area contributed by atoms with Crippen LogP contribution in [0.25, 0.3) is 11.4 Å². The Morgan fingerprint density at radius 1 is 1.38 bits per heavy atom. The van der Waals surface area contributed by atoms with Gasteiger partial charge in [0.1, 0.15) is 0 Å². The summed E-state index contributed by atoms with van der Waals surface area (Å²) in [5.41, 5.74) is 1.82. The monoisotopic (exact) mass is 306 g/mol. The summed E-state index contributed by atoms with van der Waals surface area (Å²) in [6, 6.07) is 3.88. The normalized spacial score (nSPS) is 11.0. The second-order valence-corrected chi connectivity index (χ2v) is 6.12. The minimum absolute atomic E-state index is 0.0254. The van der Waals surface area contributed by atoms with Gasteiger partial charge in [-0.2, -0.15) is 0 Å². The predicted octanol–water partition coefficient (Wildman–Crippen LogP) is 2.48. The van der Waals surface area contributed by atoms with Gasteiger partial charge in [0.15, 0.2) is 11.0 Å². The number of carboxylic acids is 1. The number of carboxylic acid groups (broad SMARTS) is 1. The molecule has 2 aromatic rings. The van der Waals surface area contributed by atoms with E-state index in [1.165, 1.54) is 11.8 Å². The van der Waals surface area contributed by atoms with E-state index in [4.69, 9.17) is 5.11 Å². The topological polar surface area (TPSA) is 80.9 Å². The SMILES string of the molecule is Cc1ccc(-c2nnc(SCC(=O)O)n2CC(C)C)cn1. The first-order chi connectivity index (χ1) is 9.97. The number of carbonyl (C=O) groups is 1. The molecule has 0 aromatic carbocycles. The fraction of sp³-hybridized carbons (Fsp3) is 0.429. The van der Waals surface area contributed by atoms with Crippen LogP contribution in [0, 0.1) is 12.8 Å². The Balaban J connectivity index is 2.35. The van der Waals surface area contributed by atoms with Crippen molar-refractivity contribution in [1.82, 2.24) is 19.7 Å². The summed E-state index contributed by atoms with van der Waals surface area (Å²) in [5.74, 6) is 0.242. The number of hydrogen-bond donors (Lipinski definition) is 1. The van der Waals surface area contributed by atoms with Gasteiger partial charge < -0.3 is 9.67 Å². The third-order valence-corrected chi connectivity index (χ3v) is 3.71. The molecule has 0 aliphatic heterocycles. The summed E-state index contributed by atoms with van der Waals surface area (Å²) < 4.78 is 1.96. The van der Waals surface area contributed by atoms with Crippen LogP contribution < -0.4 is 0 Å². The lowest BCUT2D eigenvalue weighted by Crippen LogP contribution is -2.09. The van der Waals surface area contributed by atoms with E-state index in [9.17, 15) is 4.79 Å². The third-order valence-electron chi connectivity index (χ3n) is 2.76. The Morgan fingerprint density at radius 2 is 2.14 bits per heavy atom. The molecular formula is C14H18N4O2S. The maximum Gasteiger partial charge on any atom is 0.313 e. The minimum atomic E-state index is -0.863. The molecule has 2 heterocycles. The zero-order valence-corrected chi connectivity index (χ0v) is 13.1. The highest BCUT2D eigenvalue weighted by molar-refractivity contribution is 7.99. The van der Waals surface area contributed by atoms with Crippen LogP contribution >= 0.6 is 11.8 Å². The largest absolute Gasteiger partial charge is 0.481 e. The van der Waals surface area contributed by atoms with E-state index in [1.54, 1.807) is 6.20 Å². The average Bonchev–Trinajstić information content (AvgIpc) is 2.79. The minimum Gasteiger partial charge on any atom is -0.481 e. The van der Waals surface area contributed by atoms with Gasteiger partial charge in [-0.25, -0.2) is 0 Å². The van der Waals surface area contributed by atoms with E-state index >= 15 is 0 Å². The van der Waals surface area contributed by atoms with Gasteiger partial charge in [0, 0.05) is 24.0 Å².